The van der Waals surface area contributed by atoms with Crippen molar-refractivity contribution in [1.82, 2.24) is 4.90 Å². The Morgan fingerprint density at radius 2 is 1.44 bits per heavy atom. The maximum atomic E-state index is 13.4. The van der Waals surface area contributed by atoms with Crippen LogP contribution in [0.5, 0.6) is 0 Å². The first-order valence-corrected chi connectivity index (χ1v) is 11.5. The van der Waals surface area contributed by atoms with Crippen molar-refractivity contribution in [2.45, 2.75) is 71.1 Å². The van der Waals surface area contributed by atoms with Crippen LogP contribution in [0.4, 0.5) is 10.5 Å². The SMILES string of the molecule is CC(C)(C)OC(=O)c1ccc(NC(=O)[C@H]2[C@H](c3ccccc3)CCN2C(=O)OC(C)(C)C)cc1. The predicted molar refractivity (Wildman–Crippen MR) is 131 cm³/mol. The van der Waals surface area contributed by atoms with Gasteiger partial charge in [0.05, 0.1) is 5.56 Å². The Balaban J connectivity index is 1.80. The summed E-state index contributed by atoms with van der Waals surface area (Å²) >= 11 is 0. The number of hydrogen-bond acceptors (Lipinski definition) is 5. The van der Waals surface area contributed by atoms with Crippen molar-refractivity contribution >= 4 is 23.7 Å². The van der Waals surface area contributed by atoms with E-state index in [-0.39, 0.29) is 11.8 Å². The third-order valence-corrected chi connectivity index (χ3v) is 5.31. The maximum Gasteiger partial charge on any atom is 0.410 e. The third-order valence-electron chi connectivity index (χ3n) is 5.31. The molecule has 3 rings (SSSR count). The highest BCUT2D eigenvalue weighted by molar-refractivity contribution is 5.98. The molecule has 1 saturated heterocycles. The van der Waals surface area contributed by atoms with Crippen molar-refractivity contribution in [2.24, 2.45) is 0 Å². The lowest BCUT2D eigenvalue weighted by Crippen LogP contribution is -2.47. The molecule has 0 aliphatic carbocycles. The highest BCUT2D eigenvalue weighted by atomic mass is 16.6. The molecule has 1 heterocycles. The Morgan fingerprint density at radius 3 is 2.00 bits per heavy atom. The number of esters is 1. The predicted octanol–water partition coefficient (Wildman–Crippen LogP) is 5.37. The van der Waals surface area contributed by atoms with Gasteiger partial charge in [0.1, 0.15) is 17.2 Å². The monoisotopic (exact) mass is 466 g/mol. The van der Waals surface area contributed by atoms with E-state index in [2.05, 4.69) is 5.32 Å². The molecule has 0 unspecified atom stereocenters. The smallest absolute Gasteiger partial charge is 0.410 e. The molecule has 34 heavy (non-hydrogen) atoms. The van der Waals surface area contributed by atoms with Crippen LogP contribution in [-0.4, -0.2) is 46.7 Å². The number of anilines is 1. The number of amides is 2. The normalized spacial score (nSPS) is 18.4. The summed E-state index contributed by atoms with van der Waals surface area (Å²) in [4.78, 5) is 40.1. The molecule has 2 amide bonds. The minimum absolute atomic E-state index is 0.158. The van der Waals surface area contributed by atoms with Gasteiger partial charge in [-0.2, -0.15) is 0 Å². The van der Waals surface area contributed by atoms with Crippen molar-refractivity contribution in [1.29, 1.82) is 0 Å². The number of benzene rings is 2. The van der Waals surface area contributed by atoms with Crippen LogP contribution >= 0.6 is 0 Å². The van der Waals surface area contributed by atoms with Crippen LogP contribution in [0.3, 0.4) is 0 Å². The Labute approximate surface area is 201 Å². The summed E-state index contributed by atoms with van der Waals surface area (Å²) < 4.78 is 11.0. The van der Waals surface area contributed by atoms with Gasteiger partial charge in [-0.3, -0.25) is 9.69 Å². The van der Waals surface area contributed by atoms with Gasteiger partial charge in [0.25, 0.3) is 0 Å². The van der Waals surface area contributed by atoms with Gasteiger partial charge in [-0.25, -0.2) is 9.59 Å². The summed E-state index contributed by atoms with van der Waals surface area (Å²) in [5.74, 6) is -0.890. The summed E-state index contributed by atoms with van der Waals surface area (Å²) in [6.45, 7) is 11.2. The topological polar surface area (TPSA) is 84.9 Å². The Kier molecular flexibility index (Phi) is 7.34. The molecule has 0 bridgehead atoms. The van der Waals surface area contributed by atoms with Crippen LogP contribution in [-0.2, 0) is 14.3 Å². The van der Waals surface area contributed by atoms with E-state index in [0.29, 0.717) is 24.2 Å². The molecule has 0 radical (unpaired) electrons. The van der Waals surface area contributed by atoms with Crippen LogP contribution in [0, 0.1) is 0 Å². The number of nitrogens with zero attached hydrogens (tertiary/aromatic N) is 1. The molecule has 1 N–H and O–H groups in total. The van der Waals surface area contributed by atoms with Crippen LogP contribution in [0.1, 0.15) is 69.8 Å². The minimum atomic E-state index is -0.720. The van der Waals surface area contributed by atoms with Crippen LogP contribution in [0.2, 0.25) is 0 Å². The summed E-state index contributed by atoms with van der Waals surface area (Å²) in [6, 6.07) is 15.5. The zero-order valence-corrected chi connectivity index (χ0v) is 20.8. The molecule has 2 aromatic carbocycles. The van der Waals surface area contributed by atoms with Crippen LogP contribution in [0.25, 0.3) is 0 Å². The lowest BCUT2D eigenvalue weighted by atomic mass is 9.91. The number of nitrogens with one attached hydrogen (secondary N) is 1. The largest absolute Gasteiger partial charge is 0.456 e. The molecule has 2 atom stereocenters. The highest BCUT2D eigenvalue weighted by Crippen LogP contribution is 2.35. The van der Waals surface area contributed by atoms with E-state index in [1.807, 2.05) is 30.3 Å². The fourth-order valence-electron chi connectivity index (χ4n) is 3.93. The second-order valence-electron chi connectivity index (χ2n) is 10.5. The number of likely N-dealkylation sites (tertiary alicyclic amines) is 1. The molecule has 1 aliphatic heterocycles. The molecule has 1 fully saturated rings. The van der Waals surface area contributed by atoms with Crippen molar-refractivity contribution < 1.29 is 23.9 Å². The molecule has 0 aromatic heterocycles. The quantitative estimate of drug-likeness (QED) is 0.612. The second-order valence-corrected chi connectivity index (χ2v) is 10.5. The standard InChI is InChI=1S/C27H34N2O5/c1-26(2,3)33-24(31)19-12-14-20(15-13-19)28-23(30)22-21(18-10-8-7-9-11-18)16-17-29(22)25(32)34-27(4,5)6/h7-15,21-22H,16-17H2,1-6H3,(H,28,30)/t21-,22+/m0/s1. The van der Waals surface area contributed by atoms with Gasteiger partial charge in [0, 0.05) is 18.2 Å². The maximum absolute atomic E-state index is 13.4. The Bertz CT molecular complexity index is 1020. The van der Waals surface area contributed by atoms with E-state index in [1.54, 1.807) is 65.8 Å². The fraction of sp³-hybridized carbons (Fsp3) is 0.444. The Morgan fingerprint density at radius 1 is 0.853 bits per heavy atom. The lowest BCUT2D eigenvalue weighted by Gasteiger charge is -2.30. The third kappa shape index (κ3) is 6.59. The van der Waals surface area contributed by atoms with Gasteiger partial charge in [-0.15, -0.1) is 0 Å². The van der Waals surface area contributed by atoms with E-state index in [4.69, 9.17) is 9.47 Å². The zero-order chi connectivity index (χ0) is 25.1. The van der Waals surface area contributed by atoms with Gasteiger partial charge >= 0.3 is 12.1 Å². The van der Waals surface area contributed by atoms with Crippen molar-refractivity contribution in [3.05, 3.63) is 65.7 Å². The zero-order valence-electron chi connectivity index (χ0n) is 20.8. The fourth-order valence-corrected chi connectivity index (χ4v) is 3.93. The van der Waals surface area contributed by atoms with Gasteiger partial charge < -0.3 is 14.8 Å². The molecule has 2 aromatic rings. The summed E-state index contributed by atoms with van der Waals surface area (Å²) in [5.41, 5.74) is 0.658. The average molecular weight is 467 g/mol. The Hall–Kier alpha value is -3.35. The summed E-state index contributed by atoms with van der Waals surface area (Å²) in [7, 11) is 0. The molecule has 7 heteroatoms. The van der Waals surface area contributed by atoms with Gasteiger partial charge in [0.15, 0.2) is 0 Å². The number of ether oxygens (including phenoxy) is 2. The lowest BCUT2D eigenvalue weighted by molar-refractivity contribution is -0.120. The number of carbonyl (C=O) groups excluding carboxylic acids is 3. The van der Waals surface area contributed by atoms with Crippen molar-refractivity contribution in [3.63, 3.8) is 0 Å². The molecule has 182 valence electrons. The minimum Gasteiger partial charge on any atom is -0.456 e. The highest BCUT2D eigenvalue weighted by Gasteiger charge is 2.44. The average Bonchev–Trinajstić information content (AvgIpc) is 3.18. The number of hydrogen-bond donors (Lipinski definition) is 1. The first-order chi connectivity index (χ1) is 15.8. The molecular formula is C27H34N2O5. The number of rotatable bonds is 4. The molecule has 1 aliphatic rings. The van der Waals surface area contributed by atoms with Gasteiger partial charge in [-0.05, 0) is 77.8 Å². The molecular weight excluding hydrogens is 432 g/mol. The molecule has 7 nitrogen and oxygen atoms in total. The number of carbonyl (C=O) groups is 3. The second kappa shape index (κ2) is 9.87. The van der Waals surface area contributed by atoms with Gasteiger partial charge in [-0.1, -0.05) is 30.3 Å². The van der Waals surface area contributed by atoms with E-state index < -0.39 is 29.3 Å². The van der Waals surface area contributed by atoms with Crippen LogP contribution in [0.15, 0.2) is 54.6 Å². The molecule has 0 saturated carbocycles. The van der Waals surface area contributed by atoms with E-state index in [0.717, 1.165) is 5.56 Å². The van der Waals surface area contributed by atoms with Gasteiger partial charge in [0.2, 0.25) is 5.91 Å². The van der Waals surface area contributed by atoms with Crippen molar-refractivity contribution in [2.75, 3.05) is 11.9 Å². The van der Waals surface area contributed by atoms with E-state index in [1.165, 1.54) is 4.90 Å². The summed E-state index contributed by atoms with van der Waals surface area (Å²) in [5, 5.41) is 2.91. The summed E-state index contributed by atoms with van der Waals surface area (Å²) in [6.07, 6.45) is 0.144. The van der Waals surface area contributed by atoms with E-state index >= 15 is 0 Å². The first kappa shape index (κ1) is 25.3. The first-order valence-electron chi connectivity index (χ1n) is 11.5. The molecule has 0 spiro atoms. The van der Waals surface area contributed by atoms with E-state index in [9.17, 15) is 14.4 Å². The van der Waals surface area contributed by atoms with Crippen molar-refractivity contribution in [3.8, 4) is 0 Å². The van der Waals surface area contributed by atoms with Crippen LogP contribution < -0.4 is 5.32 Å².